The quantitative estimate of drug-likeness (QED) is 0.525. The van der Waals surface area contributed by atoms with Crippen LogP contribution >= 0.6 is 0 Å². The number of hydrogen-bond donors (Lipinski definition) is 1. The van der Waals surface area contributed by atoms with Crippen LogP contribution in [0, 0.1) is 0 Å². The van der Waals surface area contributed by atoms with Crippen molar-refractivity contribution in [2.24, 2.45) is 0 Å². The average molecular weight is 184 g/mol. The van der Waals surface area contributed by atoms with E-state index in [1.807, 2.05) is 0 Å². The summed E-state index contributed by atoms with van der Waals surface area (Å²) in [6, 6.07) is 0. The molecule has 1 aliphatic carbocycles. The van der Waals surface area contributed by atoms with E-state index in [9.17, 15) is 5.11 Å². The van der Waals surface area contributed by atoms with Crippen molar-refractivity contribution >= 4 is 0 Å². The molecule has 0 radical (unpaired) electrons. The normalized spacial score (nSPS) is 42.0. The summed E-state index contributed by atoms with van der Waals surface area (Å²) in [5.74, 6) is 0. The maximum Gasteiger partial charge on any atom is 0.120 e. The molecule has 1 heterocycles. The van der Waals surface area contributed by atoms with Gasteiger partial charge in [0.1, 0.15) is 5.60 Å². The summed E-state index contributed by atoms with van der Waals surface area (Å²) in [6.45, 7) is 2.22. The molecule has 1 N–H and O–H groups in total. The molecule has 0 aromatic rings. The van der Waals surface area contributed by atoms with E-state index in [-0.39, 0.29) is 11.7 Å². The lowest BCUT2D eigenvalue weighted by Gasteiger charge is -2.14. The number of epoxide rings is 1. The molecule has 0 aromatic carbocycles. The molecule has 0 amide bonds. The van der Waals surface area contributed by atoms with Gasteiger partial charge in [-0.15, -0.1) is 0 Å². The lowest BCUT2D eigenvalue weighted by Crippen LogP contribution is -2.26. The molecule has 3 atom stereocenters. The van der Waals surface area contributed by atoms with E-state index in [0.29, 0.717) is 6.10 Å². The molecule has 13 heavy (non-hydrogen) atoms. The van der Waals surface area contributed by atoms with Crippen LogP contribution in [0.3, 0.4) is 0 Å². The van der Waals surface area contributed by atoms with Crippen molar-refractivity contribution < 1.29 is 9.84 Å². The van der Waals surface area contributed by atoms with E-state index in [0.717, 1.165) is 19.3 Å². The SMILES string of the molecule is CCCCCCC12OC1CCC2O. The highest BCUT2D eigenvalue weighted by Crippen LogP contribution is 2.52. The molecule has 1 saturated carbocycles. The van der Waals surface area contributed by atoms with Gasteiger partial charge in [0.2, 0.25) is 0 Å². The molecular weight excluding hydrogens is 164 g/mol. The minimum Gasteiger partial charge on any atom is -0.390 e. The largest absolute Gasteiger partial charge is 0.390 e. The van der Waals surface area contributed by atoms with Gasteiger partial charge < -0.3 is 9.84 Å². The van der Waals surface area contributed by atoms with Crippen LogP contribution < -0.4 is 0 Å². The van der Waals surface area contributed by atoms with E-state index in [2.05, 4.69) is 6.92 Å². The van der Waals surface area contributed by atoms with E-state index in [1.54, 1.807) is 0 Å². The Bertz CT molecular complexity index is 181. The van der Waals surface area contributed by atoms with Crippen molar-refractivity contribution in [3.05, 3.63) is 0 Å². The van der Waals surface area contributed by atoms with Crippen molar-refractivity contribution in [3.63, 3.8) is 0 Å². The van der Waals surface area contributed by atoms with Crippen molar-refractivity contribution in [3.8, 4) is 0 Å². The summed E-state index contributed by atoms with van der Waals surface area (Å²) in [5, 5.41) is 9.72. The molecule has 2 nitrogen and oxygen atoms in total. The summed E-state index contributed by atoms with van der Waals surface area (Å²) >= 11 is 0. The third-order valence-electron chi connectivity index (χ3n) is 3.54. The molecule has 2 aliphatic rings. The Morgan fingerprint density at radius 3 is 2.69 bits per heavy atom. The lowest BCUT2D eigenvalue weighted by atomic mass is 9.97. The van der Waals surface area contributed by atoms with E-state index in [1.165, 1.54) is 25.7 Å². The minimum absolute atomic E-state index is 0.0757. The second-order valence-electron chi connectivity index (χ2n) is 4.47. The first-order valence-electron chi connectivity index (χ1n) is 5.65. The number of unbranched alkanes of at least 4 members (excludes halogenated alkanes) is 3. The maximum atomic E-state index is 9.72. The van der Waals surface area contributed by atoms with Crippen LogP contribution in [-0.4, -0.2) is 22.9 Å². The Labute approximate surface area is 80.3 Å². The Balaban J connectivity index is 1.70. The van der Waals surface area contributed by atoms with Crippen molar-refractivity contribution in [2.75, 3.05) is 0 Å². The zero-order valence-corrected chi connectivity index (χ0v) is 8.46. The first-order valence-corrected chi connectivity index (χ1v) is 5.65. The summed E-state index contributed by atoms with van der Waals surface area (Å²) < 4.78 is 5.58. The van der Waals surface area contributed by atoms with Gasteiger partial charge >= 0.3 is 0 Å². The second-order valence-corrected chi connectivity index (χ2v) is 4.47. The van der Waals surface area contributed by atoms with Crippen molar-refractivity contribution in [1.82, 2.24) is 0 Å². The monoisotopic (exact) mass is 184 g/mol. The number of fused-ring (bicyclic) bond motifs is 1. The molecule has 2 heteroatoms. The zero-order chi connectivity index (χ0) is 9.31. The van der Waals surface area contributed by atoms with Gasteiger partial charge in [-0.25, -0.2) is 0 Å². The van der Waals surface area contributed by atoms with E-state index in [4.69, 9.17) is 4.74 Å². The summed E-state index contributed by atoms with van der Waals surface area (Å²) in [5.41, 5.74) is -0.0757. The van der Waals surface area contributed by atoms with Gasteiger partial charge in [-0.05, 0) is 19.3 Å². The highest BCUT2D eigenvalue weighted by atomic mass is 16.6. The molecular formula is C11H20O2. The Kier molecular flexibility index (Phi) is 2.61. The summed E-state index contributed by atoms with van der Waals surface area (Å²) in [6.07, 6.45) is 8.47. The average Bonchev–Trinajstić information content (AvgIpc) is 2.77. The highest BCUT2D eigenvalue weighted by Gasteiger charge is 2.64. The molecule has 0 aromatic heterocycles. The molecule has 2 fully saturated rings. The molecule has 1 saturated heterocycles. The van der Waals surface area contributed by atoms with Crippen LogP contribution in [0.1, 0.15) is 51.9 Å². The van der Waals surface area contributed by atoms with Gasteiger partial charge in [-0.3, -0.25) is 0 Å². The smallest absolute Gasteiger partial charge is 0.120 e. The fourth-order valence-electron chi connectivity index (χ4n) is 2.60. The number of ether oxygens (including phenoxy) is 1. The first kappa shape index (κ1) is 9.47. The van der Waals surface area contributed by atoms with Gasteiger partial charge in [0.05, 0.1) is 12.2 Å². The van der Waals surface area contributed by atoms with Gasteiger partial charge in [0, 0.05) is 0 Å². The molecule has 1 aliphatic heterocycles. The first-order chi connectivity index (χ1) is 6.29. The Hall–Kier alpha value is -0.0800. The molecule has 0 spiro atoms. The van der Waals surface area contributed by atoms with Crippen molar-refractivity contribution in [1.29, 1.82) is 0 Å². The van der Waals surface area contributed by atoms with Gasteiger partial charge in [0.25, 0.3) is 0 Å². The topological polar surface area (TPSA) is 32.8 Å². The predicted molar refractivity (Wildman–Crippen MR) is 51.6 cm³/mol. The van der Waals surface area contributed by atoms with Crippen LogP contribution in [0.15, 0.2) is 0 Å². The zero-order valence-electron chi connectivity index (χ0n) is 8.46. The predicted octanol–water partition coefficient (Wildman–Crippen LogP) is 2.25. The lowest BCUT2D eigenvalue weighted by molar-refractivity contribution is 0.0592. The van der Waals surface area contributed by atoms with Gasteiger partial charge in [-0.1, -0.05) is 32.6 Å². The summed E-state index contributed by atoms with van der Waals surface area (Å²) in [4.78, 5) is 0. The van der Waals surface area contributed by atoms with Crippen LogP contribution in [0.25, 0.3) is 0 Å². The standard InChI is InChI=1S/C11H20O2/c1-2-3-4-5-8-11-9(12)6-7-10(11)13-11/h9-10,12H,2-8H2,1H3. The van der Waals surface area contributed by atoms with Crippen LogP contribution in [-0.2, 0) is 4.74 Å². The number of rotatable bonds is 5. The highest BCUT2D eigenvalue weighted by molar-refractivity contribution is 5.12. The fourth-order valence-corrected chi connectivity index (χ4v) is 2.60. The molecule has 0 bridgehead atoms. The number of hydrogen-bond acceptors (Lipinski definition) is 2. The van der Waals surface area contributed by atoms with Crippen molar-refractivity contribution in [2.45, 2.75) is 69.7 Å². The molecule has 76 valence electrons. The van der Waals surface area contributed by atoms with Gasteiger partial charge in [0.15, 0.2) is 0 Å². The van der Waals surface area contributed by atoms with E-state index < -0.39 is 0 Å². The number of aliphatic hydroxyl groups excluding tert-OH is 1. The second kappa shape index (κ2) is 3.58. The number of aliphatic hydroxyl groups is 1. The third-order valence-corrected chi connectivity index (χ3v) is 3.54. The van der Waals surface area contributed by atoms with Crippen LogP contribution in [0.4, 0.5) is 0 Å². The van der Waals surface area contributed by atoms with E-state index >= 15 is 0 Å². The van der Waals surface area contributed by atoms with Gasteiger partial charge in [-0.2, -0.15) is 0 Å². The summed E-state index contributed by atoms with van der Waals surface area (Å²) in [7, 11) is 0. The van der Waals surface area contributed by atoms with Crippen LogP contribution in [0.5, 0.6) is 0 Å². The molecule has 3 unspecified atom stereocenters. The van der Waals surface area contributed by atoms with Crippen LogP contribution in [0.2, 0.25) is 0 Å². The fraction of sp³-hybridized carbons (Fsp3) is 1.00. The molecule has 2 rings (SSSR count). The maximum absolute atomic E-state index is 9.72. The Morgan fingerprint density at radius 2 is 2.15 bits per heavy atom. The Morgan fingerprint density at radius 1 is 1.31 bits per heavy atom. The third kappa shape index (κ3) is 1.62. The minimum atomic E-state index is -0.167.